The number of H-pyrrole nitrogens is 1. The normalized spacial score (nSPS) is 14.3. The van der Waals surface area contributed by atoms with E-state index in [1.807, 2.05) is 24.3 Å². The Balaban J connectivity index is 1.67. The second-order valence-electron chi connectivity index (χ2n) is 5.79. The molecule has 0 amide bonds. The van der Waals surface area contributed by atoms with Gasteiger partial charge >= 0.3 is 5.97 Å². The van der Waals surface area contributed by atoms with Crippen LogP contribution in [0.3, 0.4) is 0 Å². The number of aromatic amines is 1. The highest BCUT2D eigenvalue weighted by molar-refractivity contribution is 5.96. The lowest BCUT2D eigenvalue weighted by Crippen LogP contribution is -2.20. The van der Waals surface area contributed by atoms with Crippen LogP contribution in [0.2, 0.25) is 0 Å². The Hall–Kier alpha value is -2.90. The molecule has 0 atom stereocenters. The van der Waals surface area contributed by atoms with E-state index in [1.54, 1.807) is 6.07 Å². The molecule has 3 aromatic heterocycles. The van der Waals surface area contributed by atoms with Gasteiger partial charge in [-0.05, 0) is 18.9 Å². The molecule has 0 spiro atoms. The summed E-state index contributed by atoms with van der Waals surface area (Å²) in [7, 11) is 1.92. The van der Waals surface area contributed by atoms with E-state index < -0.39 is 5.97 Å². The smallest absolute Gasteiger partial charge is 0.352 e. The number of fused-ring (bicyclic) bond motifs is 1. The van der Waals surface area contributed by atoms with Gasteiger partial charge in [-0.3, -0.25) is 0 Å². The van der Waals surface area contributed by atoms with E-state index in [0.717, 1.165) is 5.82 Å². The molecular formula is C15H16N6O2. The van der Waals surface area contributed by atoms with E-state index in [0.29, 0.717) is 29.4 Å². The van der Waals surface area contributed by atoms with Crippen LogP contribution in [0, 0.1) is 0 Å². The molecule has 0 radical (unpaired) electrons. The fraction of sp³-hybridized carbons (Fsp3) is 0.333. The summed E-state index contributed by atoms with van der Waals surface area (Å²) in [6.45, 7) is 0.600. The first kappa shape index (κ1) is 13.7. The first-order chi connectivity index (χ1) is 11.1. The standard InChI is InChI=1S/C15H16N6O2/c1-20(7-12-16-4-5-21(12)9-2-3-9)14-10-6-11(15(22)23)19-13(10)17-8-18-14/h4-6,8-9H,2-3,7H2,1H3,(H,22,23)(H,17,18,19). The molecule has 0 aliphatic heterocycles. The van der Waals surface area contributed by atoms with Gasteiger partial charge in [0.2, 0.25) is 0 Å². The number of aromatic nitrogens is 5. The second-order valence-corrected chi connectivity index (χ2v) is 5.79. The van der Waals surface area contributed by atoms with E-state index in [-0.39, 0.29) is 5.69 Å². The van der Waals surface area contributed by atoms with Crippen molar-refractivity contribution in [3.05, 3.63) is 36.3 Å². The number of anilines is 1. The molecule has 3 aromatic rings. The number of hydrogen-bond acceptors (Lipinski definition) is 5. The predicted octanol–water partition coefficient (Wildman–Crippen LogP) is 1.82. The number of imidazole rings is 1. The molecule has 8 nitrogen and oxygen atoms in total. The van der Waals surface area contributed by atoms with Crippen molar-refractivity contribution in [3.8, 4) is 0 Å². The van der Waals surface area contributed by atoms with Gasteiger partial charge in [0, 0.05) is 25.5 Å². The lowest BCUT2D eigenvalue weighted by atomic mass is 10.3. The Morgan fingerprint density at radius 3 is 3.00 bits per heavy atom. The number of aromatic carboxylic acids is 1. The fourth-order valence-electron chi connectivity index (χ4n) is 2.78. The van der Waals surface area contributed by atoms with Crippen LogP contribution in [0.4, 0.5) is 5.82 Å². The van der Waals surface area contributed by atoms with E-state index in [2.05, 4.69) is 24.5 Å². The zero-order chi connectivity index (χ0) is 16.0. The molecule has 1 saturated carbocycles. The highest BCUT2D eigenvalue weighted by atomic mass is 16.4. The number of rotatable bonds is 5. The molecular weight excluding hydrogens is 296 g/mol. The first-order valence-corrected chi connectivity index (χ1v) is 7.43. The lowest BCUT2D eigenvalue weighted by Gasteiger charge is -2.19. The Morgan fingerprint density at radius 2 is 2.26 bits per heavy atom. The topological polar surface area (TPSA) is 99.9 Å². The molecule has 2 N–H and O–H groups in total. The van der Waals surface area contributed by atoms with Crippen molar-refractivity contribution in [3.63, 3.8) is 0 Å². The summed E-state index contributed by atoms with van der Waals surface area (Å²) in [4.78, 5) is 28.7. The van der Waals surface area contributed by atoms with Crippen LogP contribution in [0.25, 0.3) is 11.0 Å². The largest absolute Gasteiger partial charge is 0.477 e. The van der Waals surface area contributed by atoms with Gasteiger partial charge in [0.05, 0.1) is 11.9 Å². The number of carboxylic acids is 1. The average Bonchev–Trinajstić information content (AvgIpc) is 3.10. The maximum atomic E-state index is 11.1. The van der Waals surface area contributed by atoms with Gasteiger partial charge in [0.15, 0.2) is 0 Å². The fourth-order valence-corrected chi connectivity index (χ4v) is 2.78. The molecule has 0 saturated heterocycles. The molecule has 23 heavy (non-hydrogen) atoms. The average molecular weight is 312 g/mol. The Morgan fingerprint density at radius 1 is 1.43 bits per heavy atom. The van der Waals surface area contributed by atoms with Gasteiger partial charge in [-0.1, -0.05) is 0 Å². The minimum atomic E-state index is -1.01. The Bertz CT molecular complexity index is 879. The quantitative estimate of drug-likeness (QED) is 0.745. The van der Waals surface area contributed by atoms with E-state index in [4.69, 9.17) is 5.11 Å². The van der Waals surface area contributed by atoms with Crippen LogP contribution in [0.15, 0.2) is 24.8 Å². The lowest BCUT2D eigenvalue weighted by molar-refractivity contribution is 0.0691. The number of hydrogen-bond donors (Lipinski definition) is 2. The SMILES string of the molecule is CN(Cc1nccn1C1CC1)c1ncnc2[nH]c(C(=O)O)cc12. The molecule has 8 heteroatoms. The van der Waals surface area contributed by atoms with Gasteiger partial charge in [0.25, 0.3) is 0 Å². The second kappa shape index (κ2) is 5.08. The molecule has 0 unspecified atom stereocenters. The maximum absolute atomic E-state index is 11.1. The summed E-state index contributed by atoms with van der Waals surface area (Å²) in [6.07, 6.45) is 7.66. The summed E-state index contributed by atoms with van der Waals surface area (Å²) in [6, 6.07) is 2.13. The van der Waals surface area contributed by atoms with Crippen molar-refractivity contribution >= 4 is 22.8 Å². The number of carboxylic acid groups (broad SMARTS) is 1. The molecule has 4 rings (SSSR count). The number of carbonyl (C=O) groups is 1. The van der Waals surface area contributed by atoms with Gasteiger partial charge in [-0.25, -0.2) is 19.7 Å². The van der Waals surface area contributed by atoms with Crippen LogP contribution in [-0.4, -0.2) is 42.6 Å². The molecule has 3 heterocycles. The van der Waals surface area contributed by atoms with Crippen LogP contribution < -0.4 is 4.90 Å². The minimum Gasteiger partial charge on any atom is -0.477 e. The predicted molar refractivity (Wildman–Crippen MR) is 83.5 cm³/mol. The molecule has 1 aliphatic carbocycles. The van der Waals surface area contributed by atoms with E-state index in [1.165, 1.54) is 19.2 Å². The van der Waals surface area contributed by atoms with Crippen molar-refractivity contribution in [1.82, 2.24) is 24.5 Å². The summed E-state index contributed by atoms with van der Waals surface area (Å²) >= 11 is 0. The van der Waals surface area contributed by atoms with Crippen molar-refractivity contribution < 1.29 is 9.90 Å². The van der Waals surface area contributed by atoms with Gasteiger partial charge < -0.3 is 19.6 Å². The third kappa shape index (κ3) is 2.41. The summed E-state index contributed by atoms with van der Waals surface area (Å²) in [5, 5.41) is 9.81. The van der Waals surface area contributed by atoms with Crippen LogP contribution >= 0.6 is 0 Å². The van der Waals surface area contributed by atoms with E-state index >= 15 is 0 Å². The van der Waals surface area contributed by atoms with Crippen LogP contribution in [0.5, 0.6) is 0 Å². The third-order valence-corrected chi connectivity index (χ3v) is 4.06. The van der Waals surface area contributed by atoms with Crippen molar-refractivity contribution in [2.75, 3.05) is 11.9 Å². The zero-order valence-electron chi connectivity index (χ0n) is 12.6. The molecule has 0 bridgehead atoms. The summed E-state index contributed by atoms with van der Waals surface area (Å²) in [5.41, 5.74) is 0.624. The highest BCUT2D eigenvalue weighted by Gasteiger charge is 2.26. The molecule has 1 aliphatic rings. The van der Waals surface area contributed by atoms with Crippen LogP contribution in [0.1, 0.15) is 35.2 Å². The van der Waals surface area contributed by atoms with Gasteiger partial charge in [-0.2, -0.15) is 0 Å². The van der Waals surface area contributed by atoms with Crippen molar-refractivity contribution in [1.29, 1.82) is 0 Å². The van der Waals surface area contributed by atoms with Gasteiger partial charge in [0.1, 0.15) is 29.3 Å². The number of nitrogens with zero attached hydrogens (tertiary/aromatic N) is 5. The van der Waals surface area contributed by atoms with Gasteiger partial charge in [-0.15, -0.1) is 0 Å². The Labute approximate surface area is 131 Å². The minimum absolute atomic E-state index is 0.106. The molecule has 0 aromatic carbocycles. The van der Waals surface area contributed by atoms with Crippen LogP contribution in [-0.2, 0) is 6.54 Å². The highest BCUT2D eigenvalue weighted by Crippen LogP contribution is 2.36. The van der Waals surface area contributed by atoms with E-state index in [9.17, 15) is 4.79 Å². The summed E-state index contributed by atoms with van der Waals surface area (Å²) in [5.74, 6) is 0.653. The van der Waals surface area contributed by atoms with Crippen molar-refractivity contribution in [2.45, 2.75) is 25.4 Å². The maximum Gasteiger partial charge on any atom is 0.352 e. The molecule has 118 valence electrons. The third-order valence-electron chi connectivity index (χ3n) is 4.06. The zero-order valence-corrected chi connectivity index (χ0v) is 12.6. The monoisotopic (exact) mass is 312 g/mol. The first-order valence-electron chi connectivity index (χ1n) is 7.43. The summed E-state index contributed by atoms with van der Waals surface area (Å²) < 4.78 is 2.20. The molecule has 1 fully saturated rings. The van der Waals surface area contributed by atoms with Crippen molar-refractivity contribution in [2.24, 2.45) is 0 Å². The number of nitrogens with one attached hydrogen (secondary N) is 1. The Kier molecular flexibility index (Phi) is 3.03.